The summed E-state index contributed by atoms with van der Waals surface area (Å²) in [6.45, 7) is 0. The lowest BCUT2D eigenvalue weighted by Crippen LogP contribution is -2.31. The molecule has 0 bridgehead atoms. The van der Waals surface area contributed by atoms with Crippen LogP contribution in [0.1, 0.15) is 12.0 Å². The number of hydrogen-bond acceptors (Lipinski definition) is 5. The Morgan fingerprint density at radius 2 is 2.12 bits per heavy atom. The molecule has 0 unspecified atom stereocenters. The van der Waals surface area contributed by atoms with Gasteiger partial charge in [-0.25, -0.2) is 5.43 Å². The molecule has 1 aliphatic rings. The molecule has 0 atom stereocenters. The molecule has 0 saturated carbocycles. The Morgan fingerprint density at radius 1 is 1.31 bits per heavy atom. The van der Waals surface area contributed by atoms with Gasteiger partial charge in [-0.15, -0.1) is 11.8 Å². The van der Waals surface area contributed by atoms with Crippen LogP contribution in [-0.4, -0.2) is 35.5 Å². The zero-order valence-electron chi connectivity index (χ0n) is 14.1. The van der Waals surface area contributed by atoms with E-state index in [1.165, 1.54) is 0 Å². The van der Waals surface area contributed by atoms with Gasteiger partial charge in [0, 0.05) is 33.6 Å². The minimum atomic E-state index is -0.110. The Labute approximate surface area is 166 Å². The van der Waals surface area contributed by atoms with Crippen molar-refractivity contribution < 1.29 is 9.53 Å². The van der Waals surface area contributed by atoms with E-state index in [0.717, 1.165) is 27.7 Å². The van der Waals surface area contributed by atoms with Crippen LogP contribution in [0.2, 0.25) is 5.02 Å². The van der Waals surface area contributed by atoms with Gasteiger partial charge >= 0.3 is 0 Å². The number of ether oxygens (including phenoxy) is 1. The van der Waals surface area contributed by atoms with Crippen molar-refractivity contribution in [2.45, 2.75) is 17.4 Å². The Bertz CT molecular complexity index is 764. The minimum Gasteiger partial charge on any atom is -0.489 e. The number of benzene rings is 2. The predicted molar refractivity (Wildman–Crippen MR) is 111 cm³/mol. The molecule has 0 spiro atoms. The average molecular weight is 407 g/mol. The lowest BCUT2D eigenvalue weighted by molar-refractivity contribution is -0.120. The molecule has 0 radical (unpaired) electrons. The first-order chi connectivity index (χ1) is 12.7. The summed E-state index contributed by atoms with van der Waals surface area (Å²) in [4.78, 5) is 12.9. The van der Waals surface area contributed by atoms with Crippen molar-refractivity contribution in [3.8, 4) is 5.75 Å². The molecular formula is C19H19ClN2O2S2. The molecule has 0 aromatic heterocycles. The van der Waals surface area contributed by atoms with Crippen LogP contribution in [-0.2, 0) is 4.79 Å². The lowest BCUT2D eigenvalue weighted by Gasteiger charge is -2.25. The van der Waals surface area contributed by atoms with E-state index in [-0.39, 0.29) is 5.91 Å². The van der Waals surface area contributed by atoms with Crippen LogP contribution in [0.5, 0.6) is 5.75 Å². The quantitative estimate of drug-likeness (QED) is 0.399. The normalized spacial score (nSPS) is 14.2. The smallest absolute Gasteiger partial charge is 0.240 e. The summed E-state index contributed by atoms with van der Waals surface area (Å²) >= 11 is 9.35. The number of halogens is 1. The summed E-state index contributed by atoms with van der Waals surface area (Å²) < 4.78 is 5.84. The number of nitrogens with zero attached hydrogens (tertiary/aromatic N) is 1. The molecule has 0 aliphatic carbocycles. The highest BCUT2D eigenvalue weighted by Gasteiger charge is 2.19. The summed E-state index contributed by atoms with van der Waals surface area (Å²) in [6, 6.07) is 15.3. The van der Waals surface area contributed by atoms with Crippen LogP contribution in [0.3, 0.4) is 0 Å². The fourth-order valence-electron chi connectivity index (χ4n) is 2.17. The minimum absolute atomic E-state index is 0.110. The number of carbonyl (C=O) groups excluding carboxylic acids is 1. The van der Waals surface area contributed by atoms with E-state index in [4.69, 9.17) is 16.3 Å². The predicted octanol–water partition coefficient (Wildman–Crippen LogP) is 4.47. The van der Waals surface area contributed by atoms with Crippen LogP contribution in [0.4, 0.5) is 0 Å². The highest BCUT2D eigenvalue weighted by atomic mass is 35.5. The second kappa shape index (κ2) is 9.90. The molecule has 26 heavy (non-hydrogen) atoms. The molecule has 2 aromatic rings. The molecule has 1 saturated heterocycles. The summed E-state index contributed by atoms with van der Waals surface area (Å²) in [5.41, 5.74) is 3.45. The summed E-state index contributed by atoms with van der Waals surface area (Å²) in [7, 11) is 0. The van der Waals surface area contributed by atoms with Gasteiger partial charge in [0.05, 0.1) is 6.21 Å². The number of nitrogens with one attached hydrogen (secondary N) is 1. The molecule has 136 valence electrons. The maximum Gasteiger partial charge on any atom is 0.240 e. The van der Waals surface area contributed by atoms with Gasteiger partial charge in [0.2, 0.25) is 5.91 Å². The fourth-order valence-corrected chi connectivity index (χ4v) is 3.71. The van der Waals surface area contributed by atoms with Crippen molar-refractivity contribution in [3.63, 3.8) is 0 Å². The molecule has 1 fully saturated rings. The van der Waals surface area contributed by atoms with Crippen LogP contribution >= 0.6 is 35.1 Å². The maximum absolute atomic E-state index is 11.9. The van der Waals surface area contributed by atoms with Crippen molar-refractivity contribution in [2.75, 3.05) is 17.3 Å². The van der Waals surface area contributed by atoms with E-state index < -0.39 is 0 Å². The highest BCUT2D eigenvalue weighted by Crippen LogP contribution is 2.24. The first-order valence-corrected chi connectivity index (χ1v) is 10.8. The zero-order valence-corrected chi connectivity index (χ0v) is 16.4. The van der Waals surface area contributed by atoms with Gasteiger partial charge in [0.25, 0.3) is 0 Å². The van der Waals surface area contributed by atoms with Gasteiger partial charge in [-0.3, -0.25) is 4.79 Å². The Morgan fingerprint density at radius 3 is 2.85 bits per heavy atom. The van der Waals surface area contributed by atoms with Crippen LogP contribution < -0.4 is 10.2 Å². The monoisotopic (exact) mass is 406 g/mol. The zero-order chi connectivity index (χ0) is 18.2. The standard InChI is InChI=1S/C19H19ClN2O2S2/c20-15-4-6-18(7-5-15)26-9-8-19(23)22-21-11-14-2-1-3-16(10-14)24-17-12-25-13-17/h1-7,10-11,17H,8-9,12-13H2,(H,22,23)/b21-11+. The van der Waals surface area contributed by atoms with Crippen molar-refractivity contribution >= 4 is 47.2 Å². The third kappa shape index (κ3) is 6.27. The number of carbonyl (C=O) groups is 1. The van der Waals surface area contributed by atoms with E-state index in [9.17, 15) is 4.79 Å². The second-order valence-corrected chi connectivity index (χ2v) is 8.38. The van der Waals surface area contributed by atoms with Gasteiger partial charge in [-0.05, 0) is 42.0 Å². The number of hydrazone groups is 1. The average Bonchev–Trinajstić information content (AvgIpc) is 2.60. The molecule has 1 N–H and O–H groups in total. The first kappa shape index (κ1) is 19.1. The molecule has 3 rings (SSSR count). The molecule has 4 nitrogen and oxygen atoms in total. The van der Waals surface area contributed by atoms with Crippen LogP contribution in [0.25, 0.3) is 0 Å². The summed E-state index contributed by atoms with van der Waals surface area (Å²) in [6.07, 6.45) is 2.34. The van der Waals surface area contributed by atoms with E-state index >= 15 is 0 Å². The molecule has 2 aromatic carbocycles. The van der Waals surface area contributed by atoms with Gasteiger partial charge < -0.3 is 4.74 Å². The molecule has 1 aliphatic heterocycles. The van der Waals surface area contributed by atoms with Crippen molar-refractivity contribution in [1.29, 1.82) is 0 Å². The Balaban J connectivity index is 1.39. The summed E-state index contributed by atoms with van der Waals surface area (Å²) in [5, 5.41) is 4.73. The van der Waals surface area contributed by atoms with Crippen LogP contribution in [0.15, 0.2) is 58.5 Å². The first-order valence-electron chi connectivity index (χ1n) is 8.24. The second-order valence-electron chi connectivity index (χ2n) is 5.70. The molecule has 1 heterocycles. The Kier molecular flexibility index (Phi) is 7.29. The van der Waals surface area contributed by atoms with Crippen molar-refractivity contribution in [3.05, 3.63) is 59.1 Å². The number of thioether (sulfide) groups is 2. The molecule has 7 heteroatoms. The Hall–Kier alpha value is -1.63. The lowest BCUT2D eigenvalue weighted by atomic mass is 10.2. The fraction of sp³-hybridized carbons (Fsp3) is 0.263. The number of hydrogen-bond donors (Lipinski definition) is 1. The van der Waals surface area contributed by atoms with Crippen molar-refractivity contribution in [2.24, 2.45) is 5.10 Å². The van der Waals surface area contributed by atoms with Crippen molar-refractivity contribution in [1.82, 2.24) is 5.43 Å². The maximum atomic E-state index is 11.9. The van der Waals surface area contributed by atoms with E-state index in [2.05, 4.69) is 10.5 Å². The number of amides is 1. The summed E-state index contributed by atoms with van der Waals surface area (Å²) in [5.74, 6) is 3.50. The number of rotatable bonds is 8. The molecular weight excluding hydrogens is 388 g/mol. The van der Waals surface area contributed by atoms with Gasteiger partial charge in [0.1, 0.15) is 11.9 Å². The SMILES string of the molecule is O=C(CCSc1ccc(Cl)cc1)N/N=C/c1cccc(OC2CSC2)c1. The third-order valence-electron chi connectivity index (χ3n) is 3.58. The van der Waals surface area contributed by atoms with E-state index in [0.29, 0.717) is 23.3 Å². The van der Waals surface area contributed by atoms with Gasteiger partial charge in [0.15, 0.2) is 0 Å². The van der Waals surface area contributed by atoms with E-state index in [1.54, 1.807) is 18.0 Å². The topological polar surface area (TPSA) is 50.7 Å². The third-order valence-corrected chi connectivity index (χ3v) is 6.06. The highest BCUT2D eigenvalue weighted by molar-refractivity contribution is 8.00. The molecule has 1 amide bonds. The van der Waals surface area contributed by atoms with E-state index in [1.807, 2.05) is 60.3 Å². The van der Waals surface area contributed by atoms with Crippen LogP contribution in [0, 0.1) is 0 Å². The van der Waals surface area contributed by atoms with Gasteiger partial charge in [-0.2, -0.15) is 16.9 Å². The largest absolute Gasteiger partial charge is 0.489 e. The van der Waals surface area contributed by atoms with Gasteiger partial charge in [-0.1, -0.05) is 23.7 Å².